The van der Waals surface area contributed by atoms with Crippen LogP contribution >= 0.6 is 0 Å². The van der Waals surface area contributed by atoms with Crippen LogP contribution in [0.1, 0.15) is 0 Å². The molecule has 0 atom stereocenters. The van der Waals surface area contributed by atoms with Crippen LogP contribution < -0.4 is 11.5 Å². The van der Waals surface area contributed by atoms with Crippen molar-refractivity contribution < 1.29 is 0 Å². The molecule has 2 rings (SSSR count). The fraction of sp³-hybridized carbons (Fsp3) is 0.200. The second kappa shape index (κ2) is 4.10. The van der Waals surface area contributed by atoms with Crippen LogP contribution in [0, 0.1) is 0 Å². The van der Waals surface area contributed by atoms with Crippen LogP contribution in [-0.4, -0.2) is 21.5 Å². The van der Waals surface area contributed by atoms with Crippen molar-refractivity contribution in [2.45, 2.75) is 6.54 Å². The van der Waals surface area contributed by atoms with E-state index in [1.165, 1.54) is 0 Å². The molecule has 4 N–H and O–H groups in total. The second-order valence-corrected chi connectivity index (χ2v) is 3.28. The Morgan fingerprint density at radius 1 is 1.33 bits per heavy atom. The largest absolute Gasteiger partial charge is 0.399 e. The van der Waals surface area contributed by atoms with E-state index >= 15 is 0 Å². The van der Waals surface area contributed by atoms with Gasteiger partial charge in [-0.05, 0) is 12.1 Å². The Bertz CT molecular complexity index is 449. The monoisotopic (exact) mass is 203 g/mol. The molecular weight excluding hydrogens is 190 g/mol. The maximum Gasteiger partial charge on any atom is 0.113 e. The van der Waals surface area contributed by atoms with E-state index in [0.717, 1.165) is 16.9 Å². The molecule has 0 spiro atoms. The average molecular weight is 203 g/mol. The lowest BCUT2D eigenvalue weighted by Crippen LogP contribution is -2.10. The number of benzene rings is 1. The topological polar surface area (TPSA) is 82.8 Å². The molecule has 0 fully saturated rings. The predicted octanol–water partition coefficient (Wildman–Crippen LogP) is 0.486. The highest BCUT2D eigenvalue weighted by atomic mass is 15.4. The van der Waals surface area contributed by atoms with Crippen LogP contribution in [0.3, 0.4) is 0 Å². The summed E-state index contributed by atoms with van der Waals surface area (Å²) in [6.07, 6.45) is 1.86. The van der Waals surface area contributed by atoms with Crippen LogP contribution in [0.15, 0.2) is 30.5 Å². The van der Waals surface area contributed by atoms with Crippen molar-refractivity contribution in [1.82, 2.24) is 15.0 Å². The first-order valence-electron chi connectivity index (χ1n) is 4.75. The summed E-state index contributed by atoms with van der Waals surface area (Å²) in [5.41, 5.74) is 13.6. The van der Waals surface area contributed by atoms with Gasteiger partial charge >= 0.3 is 0 Å². The fourth-order valence-corrected chi connectivity index (χ4v) is 1.37. The zero-order valence-electron chi connectivity index (χ0n) is 8.30. The molecule has 0 saturated heterocycles. The summed E-state index contributed by atoms with van der Waals surface area (Å²) in [6, 6.07) is 7.56. The summed E-state index contributed by atoms with van der Waals surface area (Å²) in [7, 11) is 0. The normalized spacial score (nSPS) is 10.5. The molecule has 5 heteroatoms. The molecule has 1 aromatic carbocycles. The summed E-state index contributed by atoms with van der Waals surface area (Å²) < 4.78 is 1.72. The molecule has 2 aromatic rings. The van der Waals surface area contributed by atoms with Crippen LogP contribution in [0.5, 0.6) is 0 Å². The average Bonchev–Trinajstić information content (AvgIpc) is 2.67. The van der Waals surface area contributed by atoms with Gasteiger partial charge in [-0.1, -0.05) is 17.3 Å². The van der Waals surface area contributed by atoms with Gasteiger partial charge in [0.2, 0.25) is 0 Å². The van der Waals surface area contributed by atoms with Gasteiger partial charge in [-0.2, -0.15) is 0 Å². The van der Waals surface area contributed by atoms with Crippen LogP contribution in [0.2, 0.25) is 0 Å². The van der Waals surface area contributed by atoms with Crippen LogP contribution in [0.25, 0.3) is 11.3 Å². The number of nitrogen functional groups attached to an aromatic ring is 1. The Morgan fingerprint density at radius 2 is 2.20 bits per heavy atom. The highest BCUT2D eigenvalue weighted by Crippen LogP contribution is 2.18. The van der Waals surface area contributed by atoms with E-state index in [0.29, 0.717) is 13.1 Å². The van der Waals surface area contributed by atoms with Gasteiger partial charge in [0.1, 0.15) is 5.69 Å². The van der Waals surface area contributed by atoms with E-state index < -0.39 is 0 Å². The molecule has 15 heavy (non-hydrogen) atoms. The number of nitrogens with two attached hydrogens (primary N) is 2. The zero-order valence-corrected chi connectivity index (χ0v) is 8.30. The molecule has 78 valence electrons. The molecular formula is C10H13N5. The molecule has 0 saturated carbocycles. The summed E-state index contributed by atoms with van der Waals surface area (Å²) in [6.45, 7) is 1.23. The van der Waals surface area contributed by atoms with Crippen molar-refractivity contribution in [3.63, 3.8) is 0 Å². The van der Waals surface area contributed by atoms with E-state index in [2.05, 4.69) is 10.3 Å². The number of aromatic nitrogens is 3. The van der Waals surface area contributed by atoms with Crippen LogP contribution in [0.4, 0.5) is 5.69 Å². The zero-order chi connectivity index (χ0) is 10.7. The number of hydrogen-bond acceptors (Lipinski definition) is 4. The lowest BCUT2D eigenvalue weighted by Gasteiger charge is -1.97. The number of rotatable bonds is 3. The minimum Gasteiger partial charge on any atom is -0.399 e. The quantitative estimate of drug-likeness (QED) is 0.711. The van der Waals surface area contributed by atoms with Crippen molar-refractivity contribution in [1.29, 1.82) is 0 Å². The van der Waals surface area contributed by atoms with E-state index in [1.54, 1.807) is 4.68 Å². The van der Waals surface area contributed by atoms with Gasteiger partial charge in [-0.15, -0.1) is 5.10 Å². The molecule has 0 radical (unpaired) electrons. The van der Waals surface area contributed by atoms with Crippen molar-refractivity contribution in [3.8, 4) is 11.3 Å². The first-order chi connectivity index (χ1) is 7.29. The van der Waals surface area contributed by atoms with E-state index in [-0.39, 0.29) is 0 Å². The Morgan fingerprint density at radius 3 is 2.93 bits per heavy atom. The molecule has 0 aliphatic heterocycles. The molecule has 0 amide bonds. The van der Waals surface area contributed by atoms with Crippen LogP contribution in [-0.2, 0) is 6.54 Å². The third-order valence-electron chi connectivity index (χ3n) is 2.08. The second-order valence-electron chi connectivity index (χ2n) is 3.28. The Balaban J connectivity index is 2.29. The fourth-order valence-electron chi connectivity index (χ4n) is 1.37. The maximum atomic E-state index is 5.69. The Hall–Kier alpha value is -1.88. The number of nitrogens with zero attached hydrogens (tertiary/aromatic N) is 3. The Labute approximate surface area is 87.7 Å². The number of anilines is 1. The molecule has 0 aliphatic rings. The Kier molecular flexibility index (Phi) is 2.64. The van der Waals surface area contributed by atoms with E-state index in [9.17, 15) is 0 Å². The third-order valence-corrected chi connectivity index (χ3v) is 2.08. The summed E-state index contributed by atoms with van der Waals surface area (Å²) in [5.74, 6) is 0. The van der Waals surface area contributed by atoms with E-state index in [4.69, 9.17) is 11.5 Å². The maximum absolute atomic E-state index is 5.69. The highest BCUT2D eigenvalue weighted by Gasteiger charge is 2.03. The minimum atomic E-state index is 0.555. The highest BCUT2D eigenvalue weighted by molar-refractivity contribution is 5.62. The van der Waals surface area contributed by atoms with Gasteiger partial charge in [0.05, 0.1) is 12.7 Å². The first-order valence-corrected chi connectivity index (χ1v) is 4.75. The molecule has 1 aromatic heterocycles. The predicted molar refractivity (Wildman–Crippen MR) is 58.9 cm³/mol. The van der Waals surface area contributed by atoms with Gasteiger partial charge in [0, 0.05) is 17.8 Å². The van der Waals surface area contributed by atoms with Gasteiger partial charge in [-0.25, -0.2) is 0 Å². The van der Waals surface area contributed by atoms with Crippen molar-refractivity contribution in [2.24, 2.45) is 5.73 Å². The molecule has 1 heterocycles. The molecule has 5 nitrogen and oxygen atoms in total. The summed E-state index contributed by atoms with van der Waals surface area (Å²) in [5, 5.41) is 8.01. The van der Waals surface area contributed by atoms with E-state index in [1.807, 2.05) is 30.5 Å². The molecule has 0 unspecified atom stereocenters. The van der Waals surface area contributed by atoms with Crippen molar-refractivity contribution >= 4 is 5.69 Å². The van der Waals surface area contributed by atoms with Gasteiger partial charge in [-0.3, -0.25) is 4.68 Å². The SMILES string of the molecule is NCCn1cc(-c2cccc(N)c2)nn1. The third kappa shape index (κ3) is 2.13. The number of hydrogen-bond donors (Lipinski definition) is 2. The van der Waals surface area contributed by atoms with Gasteiger partial charge < -0.3 is 11.5 Å². The lowest BCUT2D eigenvalue weighted by molar-refractivity contribution is 0.598. The molecule has 0 bridgehead atoms. The lowest BCUT2D eigenvalue weighted by atomic mass is 10.1. The smallest absolute Gasteiger partial charge is 0.113 e. The summed E-state index contributed by atoms with van der Waals surface area (Å²) in [4.78, 5) is 0. The first kappa shape index (κ1) is 9.67. The van der Waals surface area contributed by atoms with Crippen molar-refractivity contribution in [2.75, 3.05) is 12.3 Å². The van der Waals surface area contributed by atoms with Gasteiger partial charge in [0.25, 0.3) is 0 Å². The minimum absolute atomic E-state index is 0.555. The molecule has 0 aliphatic carbocycles. The van der Waals surface area contributed by atoms with Crippen molar-refractivity contribution in [3.05, 3.63) is 30.5 Å². The van der Waals surface area contributed by atoms with Gasteiger partial charge in [0.15, 0.2) is 0 Å². The standard InChI is InChI=1S/C10H13N5/c11-4-5-15-7-10(13-14-15)8-2-1-3-9(12)6-8/h1-3,6-7H,4-5,11-12H2. The summed E-state index contributed by atoms with van der Waals surface area (Å²) >= 11 is 0.